The largest absolute Gasteiger partial charge is 0.346 e. The average Bonchev–Trinajstić information content (AvgIpc) is 3.06. The fraction of sp³-hybridized carbons (Fsp3) is 0.600. The van der Waals surface area contributed by atoms with Crippen LogP contribution in [-0.4, -0.2) is 15.0 Å². The summed E-state index contributed by atoms with van der Waals surface area (Å²) >= 11 is 0. The van der Waals surface area contributed by atoms with Crippen molar-refractivity contribution in [3.63, 3.8) is 0 Å². The number of fused-ring (bicyclic) bond motifs is 1. The summed E-state index contributed by atoms with van der Waals surface area (Å²) in [6.45, 7) is 4.91. The third kappa shape index (κ3) is 2.14. The molecule has 2 heterocycles. The number of aromatic amines is 1. The minimum absolute atomic E-state index is 0.395. The van der Waals surface area contributed by atoms with Gasteiger partial charge in [0.2, 0.25) is 0 Å². The number of nitrogens with zero attached hydrogens (tertiary/aromatic N) is 2. The molecule has 2 aromatic heterocycles. The molecule has 0 spiro atoms. The molecule has 0 aromatic carbocycles. The molecule has 19 heavy (non-hydrogen) atoms. The molecular weight excluding hydrogens is 236 g/mol. The normalized spacial score (nSPS) is 16.8. The van der Waals surface area contributed by atoms with Crippen LogP contribution in [0.25, 0.3) is 11.0 Å². The Bertz CT molecular complexity index is 579. The number of nitrogens with two attached hydrogens (primary N) is 1. The molecule has 0 amide bonds. The standard InChI is InChI=1S/C15H22N4/c1-9(2)13-12-11(7-16)8-17-15(12)19-14(18-13)10-5-3-4-6-10/h8-10H,3-7,16H2,1-2H3,(H,17,18,19). The van der Waals surface area contributed by atoms with E-state index in [2.05, 4.69) is 18.8 Å². The van der Waals surface area contributed by atoms with E-state index in [0.29, 0.717) is 18.4 Å². The van der Waals surface area contributed by atoms with Gasteiger partial charge in [-0.3, -0.25) is 0 Å². The summed E-state index contributed by atoms with van der Waals surface area (Å²) < 4.78 is 0. The lowest BCUT2D eigenvalue weighted by Crippen LogP contribution is -2.07. The number of hydrogen-bond donors (Lipinski definition) is 2. The summed E-state index contributed by atoms with van der Waals surface area (Å²) in [5, 5.41) is 1.14. The maximum Gasteiger partial charge on any atom is 0.141 e. The summed E-state index contributed by atoms with van der Waals surface area (Å²) in [6, 6.07) is 0. The van der Waals surface area contributed by atoms with Crippen LogP contribution in [0.3, 0.4) is 0 Å². The average molecular weight is 258 g/mol. The van der Waals surface area contributed by atoms with Gasteiger partial charge in [-0.1, -0.05) is 26.7 Å². The molecule has 0 saturated heterocycles. The maximum atomic E-state index is 5.81. The van der Waals surface area contributed by atoms with Crippen LogP contribution in [0.5, 0.6) is 0 Å². The molecular formula is C15H22N4. The second kappa shape index (κ2) is 4.93. The highest BCUT2D eigenvalue weighted by Crippen LogP contribution is 2.34. The van der Waals surface area contributed by atoms with Crippen molar-refractivity contribution < 1.29 is 0 Å². The Labute approximate surface area is 113 Å². The van der Waals surface area contributed by atoms with E-state index in [1.165, 1.54) is 25.7 Å². The van der Waals surface area contributed by atoms with Gasteiger partial charge in [-0.2, -0.15) is 0 Å². The molecule has 3 rings (SSSR count). The van der Waals surface area contributed by atoms with Crippen LogP contribution in [0, 0.1) is 0 Å². The molecule has 1 saturated carbocycles. The molecule has 1 aliphatic rings. The Morgan fingerprint density at radius 3 is 2.68 bits per heavy atom. The summed E-state index contributed by atoms with van der Waals surface area (Å²) in [6.07, 6.45) is 7.05. The van der Waals surface area contributed by atoms with Crippen LogP contribution in [0.15, 0.2) is 6.20 Å². The van der Waals surface area contributed by atoms with Gasteiger partial charge in [-0.25, -0.2) is 9.97 Å². The van der Waals surface area contributed by atoms with Crippen molar-refractivity contribution in [3.8, 4) is 0 Å². The Kier molecular flexibility index (Phi) is 3.27. The van der Waals surface area contributed by atoms with Crippen LogP contribution in [-0.2, 0) is 6.54 Å². The first-order valence-electron chi connectivity index (χ1n) is 7.28. The van der Waals surface area contributed by atoms with Crippen LogP contribution in [0.2, 0.25) is 0 Å². The predicted octanol–water partition coefficient (Wildman–Crippen LogP) is 3.20. The van der Waals surface area contributed by atoms with Crippen LogP contribution in [0.1, 0.15) is 68.4 Å². The first-order valence-corrected chi connectivity index (χ1v) is 7.28. The molecule has 4 nitrogen and oxygen atoms in total. The van der Waals surface area contributed by atoms with Gasteiger partial charge in [0.1, 0.15) is 11.5 Å². The fourth-order valence-electron chi connectivity index (χ4n) is 3.09. The van der Waals surface area contributed by atoms with Gasteiger partial charge in [0.05, 0.1) is 5.69 Å². The number of aromatic nitrogens is 3. The van der Waals surface area contributed by atoms with E-state index in [1.54, 1.807) is 0 Å². The highest BCUT2D eigenvalue weighted by Gasteiger charge is 2.23. The second-order valence-corrected chi connectivity index (χ2v) is 5.84. The van der Waals surface area contributed by atoms with Gasteiger partial charge in [0, 0.05) is 24.0 Å². The summed E-state index contributed by atoms with van der Waals surface area (Å²) in [4.78, 5) is 12.9. The molecule has 4 heteroatoms. The number of nitrogens with one attached hydrogen (secondary N) is 1. The lowest BCUT2D eigenvalue weighted by atomic mass is 10.0. The van der Waals surface area contributed by atoms with Crippen LogP contribution >= 0.6 is 0 Å². The van der Waals surface area contributed by atoms with E-state index in [0.717, 1.165) is 28.1 Å². The molecule has 1 fully saturated rings. The number of hydrogen-bond acceptors (Lipinski definition) is 3. The fourth-order valence-corrected chi connectivity index (χ4v) is 3.09. The summed E-state index contributed by atoms with van der Waals surface area (Å²) in [5.41, 5.74) is 9.04. The number of H-pyrrole nitrogens is 1. The van der Waals surface area contributed by atoms with Gasteiger partial charge in [-0.05, 0) is 24.3 Å². The van der Waals surface area contributed by atoms with Crippen molar-refractivity contribution in [2.24, 2.45) is 5.73 Å². The van der Waals surface area contributed by atoms with Gasteiger partial charge in [-0.15, -0.1) is 0 Å². The summed E-state index contributed by atoms with van der Waals surface area (Å²) in [5.74, 6) is 1.97. The Balaban J connectivity index is 2.16. The Morgan fingerprint density at radius 2 is 2.05 bits per heavy atom. The molecule has 0 unspecified atom stereocenters. The summed E-state index contributed by atoms with van der Waals surface area (Å²) in [7, 11) is 0. The van der Waals surface area contributed by atoms with Crippen molar-refractivity contribution in [3.05, 3.63) is 23.3 Å². The SMILES string of the molecule is CC(C)c1nc(C2CCCC2)nc2[nH]cc(CN)c12. The van der Waals surface area contributed by atoms with E-state index in [9.17, 15) is 0 Å². The Hall–Kier alpha value is -1.42. The highest BCUT2D eigenvalue weighted by molar-refractivity contribution is 5.82. The third-order valence-corrected chi connectivity index (χ3v) is 4.15. The Morgan fingerprint density at radius 1 is 1.32 bits per heavy atom. The predicted molar refractivity (Wildman–Crippen MR) is 77.1 cm³/mol. The molecule has 0 bridgehead atoms. The molecule has 102 valence electrons. The second-order valence-electron chi connectivity index (χ2n) is 5.84. The molecule has 0 aliphatic heterocycles. The zero-order valence-corrected chi connectivity index (χ0v) is 11.7. The van der Waals surface area contributed by atoms with E-state index in [-0.39, 0.29) is 0 Å². The van der Waals surface area contributed by atoms with E-state index >= 15 is 0 Å². The van der Waals surface area contributed by atoms with E-state index in [1.807, 2.05) is 6.20 Å². The van der Waals surface area contributed by atoms with Gasteiger partial charge >= 0.3 is 0 Å². The van der Waals surface area contributed by atoms with Crippen molar-refractivity contribution in [2.45, 2.75) is 57.9 Å². The van der Waals surface area contributed by atoms with Crippen LogP contribution in [0.4, 0.5) is 0 Å². The van der Waals surface area contributed by atoms with Crippen molar-refractivity contribution in [1.82, 2.24) is 15.0 Å². The lowest BCUT2D eigenvalue weighted by Gasteiger charge is -2.13. The van der Waals surface area contributed by atoms with Crippen molar-refractivity contribution in [2.75, 3.05) is 0 Å². The van der Waals surface area contributed by atoms with Crippen molar-refractivity contribution in [1.29, 1.82) is 0 Å². The van der Waals surface area contributed by atoms with Gasteiger partial charge in [0.15, 0.2) is 0 Å². The molecule has 1 aliphatic carbocycles. The van der Waals surface area contributed by atoms with Gasteiger partial charge in [0.25, 0.3) is 0 Å². The topological polar surface area (TPSA) is 67.6 Å². The lowest BCUT2D eigenvalue weighted by molar-refractivity contribution is 0.658. The number of rotatable bonds is 3. The molecule has 0 radical (unpaired) electrons. The van der Waals surface area contributed by atoms with Gasteiger partial charge < -0.3 is 10.7 Å². The first kappa shape index (κ1) is 12.6. The molecule has 3 N–H and O–H groups in total. The van der Waals surface area contributed by atoms with Crippen LogP contribution < -0.4 is 5.73 Å². The maximum absolute atomic E-state index is 5.81. The highest BCUT2D eigenvalue weighted by atomic mass is 15.0. The monoisotopic (exact) mass is 258 g/mol. The zero-order chi connectivity index (χ0) is 13.4. The quantitative estimate of drug-likeness (QED) is 0.888. The zero-order valence-electron chi connectivity index (χ0n) is 11.7. The minimum atomic E-state index is 0.395. The van der Waals surface area contributed by atoms with E-state index < -0.39 is 0 Å². The minimum Gasteiger partial charge on any atom is -0.346 e. The van der Waals surface area contributed by atoms with Crippen molar-refractivity contribution >= 4 is 11.0 Å². The molecule has 2 aromatic rings. The molecule has 0 atom stereocenters. The first-order chi connectivity index (χ1) is 9.20. The smallest absolute Gasteiger partial charge is 0.141 e. The third-order valence-electron chi connectivity index (χ3n) is 4.15. The van der Waals surface area contributed by atoms with E-state index in [4.69, 9.17) is 15.7 Å².